The van der Waals surface area contributed by atoms with Crippen LogP contribution in [0.5, 0.6) is 0 Å². The molecule has 3 aliphatic rings. The van der Waals surface area contributed by atoms with Crippen LogP contribution in [-0.4, -0.2) is 32.0 Å². The van der Waals surface area contributed by atoms with E-state index in [1.807, 2.05) is 0 Å². The Labute approximate surface area is 175 Å². The lowest BCUT2D eigenvalue weighted by atomic mass is 9.61. The molecule has 156 valence electrons. The molecule has 0 spiro atoms. The maximum Gasteiger partial charge on any atom is 0.181 e. The van der Waals surface area contributed by atoms with E-state index in [-0.39, 0.29) is 40.9 Å². The number of pyridine rings is 2. The largest absolute Gasteiger partial charge is 0.387 e. The van der Waals surface area contributed by atoms with Gasteiger partial charge in [-0.1, -0.05) is 11.6 Å². The van der Waals surface area contributed by atoms with Crippen LogP contribution in [0, 0.1) is 34.8 Å². The van der Waals surface area contributed by atoms with Crippen molar-refractivity contribution in [2.24, 2.45) is 23.5 Å². The number of nitrogens with one attached hydrogen (secondary N) is 3. The molecule has 30 heavy (non-hydrogen) atoms. The first-order chi connectivity index (χ1) is 14.4. The molecule has 3 saturated carbocycles. The van der Waals surface area contributed by atoms with Crippen molar-refractivity contribution >= 4 is 34.3 Å². The number of aromatic amines is 1. The normalized spacial score (nSPS) is 25.6. The van der Waals surface area contributed by atoms with E-state index >= 15 is 0 Å². The van der Waals surface area contributed by atoms with Crippen molar-refractivity contribution < 1.29 is 8.78 Å². The van der Waals surface area contributed by atoms with Crippen LogP contribution in [0.2, 0.25) is 5.02 Å². The number of aromatic nitrogens is 4. The van der Waals surface area contributed by atoms with E-state index in [1.165, 1.54) is 6.20 Å². The molecule has 3 aromatic heterocycles. The maximum atomic E-state index is 14.7. The topological polar surface area (TPSA) is 116 Å². The standard InChI is InChI=1S/C20H20ClF2N7/c21-10-5-11-16(29-30-19(11)26-7-10)17-12(22)6-13(23)20(28-17)27-15-9-3-1-8(2-4-9)14(15)18(24)25/h5-9,14-15H,1-4H2,(H3,24,25)(H,27,28)(H,26,29,30)/t8?,9?,14-,15-/m0/s1. The Bertz CT molecular complexity index is 1140. The number of rotatable bonds is 4. The van der Waals surface area contributed by atoms with Gasteiger partial charge in [-0.3, -0.25) is 10.5 Å². The lowest BCUT2D eigenvalue weighted by Gasteiger charge is -2.48. The Hall–Kier alpha value is -2.81. The summed E-state index contributed by atoms with van der Waals surface area (Å²) in [6.07, 6.45) is 5.47. The number of hydrogen-bond acceptors (Lipinski definition) is 5. The highest BCUT2D eigenvalue weighted by Gasteiger charge is 2.45. The highest BCUT2D eigenvalue weighted by molar-refractivity contribution is 6.31. The molecule has 0 unspecified atom stereocenters. The molecule has 10 heteroatoms. The lowest BCUT2D eigenvalue weighted by molar-refractivity contribution is 0.119. The van der Waals surface area contributed by atoms with Crippen LogP contribution in [-0.2, 0) is 0 Å². The van der Waals surface area contributed by atoms with Crippen molar-refractivity contribution in [2.75, 3.05) is 5.32 Å². The fourth-order valence-electron chi connectivity index (χ4n) is 5.06. The molecule has 0 aliphatic heterocycles. The van der Waals surface area contributed by atoms with Gasteiger partial charge in [0.05, 0.1) is 16.6 Å². The van der Waals surface area contributed by atoms with Crippen molar-refractivity contribution in [2.45, 2.75) is 31.7 Å². The van der Waals surface area contributed by atoms with Gasteiger partial charge in [0.15, 0.2) is 23.1 Å². The summed E-state index contributed by atoms with van der Waals surface area (Å²) >= 11 is 6.02. The minimum absolute atomic E-state index is 0.0621. The van der Waals surface area contributed by atoms with Gasteiger partial charge in [-0.05, 0) is 43.6 Å². The molecule has 5 N–H and O–H groups in total. The van der Waals surface area contributed by atoms with E-state index in [0.29, 0.717) is 22.0 Å². The quantitative estimate of drug-likeness (QED) is 0.366. The summed E-state index contributed by atoms with van der Waals surface area (Å²) in [6, 6.07) is 2.20. The minimum atomic E-state index is -0.822. The van der Waals surface area contributed by atoms with E-state index in [9.17, 15) is 8.78 Å². The molecule has 0 aromatic carbocycles. The van der Waals surface area contributed by atoms with Crippen molar-refractivity contribution in [3.8, 4) is 11.4 Å². The van der Waals surface area contributed by atoms with E-state index in [4.69, 9.17) is 22.7 Å². The van der Waals surface area contributed by atoms with E-state index in [2.05, 4.69) is 25.5 Å². The number of amidine groups is 1. The van der Waals surface area contributed by atoms with Crippen LogP contribution in [0.15, 0.2) is 18.3 Å². The fourth-order valence-corrected chi connectivity index (χ4v) is 5.22. The summed E-state index contributed by atoms with van der Waals surface area (Å²) in [7, 11) is 0. The molecule has 3 fully saturated rings. The minimum Gasteiger partial charge on any atom is -0.387 e. The van der Waals surface area contributed by atoms with Crippen molar-refractivity contribution in [3.05, 3.63) is 35.0 Å². The molecule has 3 heterocycles. The zero-order valence-electron chi connectivity index (χ0n) is 15.9. The first kappa shape index (κ1) is 19.2. The summed E-state index contributed by atoms with van der Waals surface area (Å²) in [4.78, 5) is 8.34. The van der Waals surface area contributed by atoms with Gasteiger partial charge >= 0.3 is 0 Å². The number of fused-ring (bicyclic) bond motifs is 4. The summed E-state index contributed by atoms with van der Waals surface area (Å²) in [5, 5.41) is 18.8. The van der Waals surface area contributed by atoms with Crippen molar-refractivity contribution in [1.29, 1.82) is 5.41 Å². The molecule has 2 bridgehead atoms. The van der Waals surface area contributed by atoms with Gasteiger partial charge in [-0.2, -0.15) is 5.10 Å². The molecule has 0 saturated heterocycles. The molecule has 6 rings (SSSR count). The van der Waals surface area contributed by atoms with E-state index < -0.39 is 11.6 Å². The molecule has 2 atom stereocenters. The van der Waals surface area contributed by atoms with Crippen LogP contribution < -0.4 is 11.1 Å². The zero-order valence-corrected chi connectivity index (χ0v) is 16.7. The van der Waals surface area contributed by atoms with Crippen LogP contribution in [0.3, 0.4) is 0 Å². The molecule has 3 aliphatic carbocycles. The molecule has 0 amide bonds. The first-order valence-corrected chi connectivity index (χ1v) is 10.3. The van der Waals surface area contributed by atoms with Crippen molar-refractivity contribution in [1.82, 2.24) is 20.2 Å². The van der Waals surface area contributed by atoms with Gasteiger partial charge in [0.25, 0.3) is 0 Å². The predicted molar refractivity (Wildman–Crippen MR) is 110 cm³/mol. The number of anilines is 1. The molecule has 0 radical (unpaired) electrons. The first-order valence-electron chi connectivity index (χ1n) is 9.89. The third-order valence-corrected chi connectivity index (χ3v) is 6.63. The second-order valence-electron chi connectivity index (χ2n) is 8.10. The second-order valence-corrected chi connectivity index (χ2v) is 8.54. The second kappa shape index (κ2) is 7.16. The van der Waals surface area contributed by atoms with E-state index in [1.54, 1.807) is 6.07 Å². The third-order valence-electron chi connectivity index (χ3n) is 6.42. The number of nitrogens with two attached hydrogens (primary N) is 1. The molecule has 7 nitrogen and oxygen atoms in total. The Morgan fingerprint density at radius 3 is 2.63 bits per heavy atom. The summed E-state index contributed by atoms with van der Waals surface area (Å²) in [6.45, 7) is 0. The smallest absolute Gasteiger partial charge is 0.181 e. The fraction of sp³-hybridized carbons (Fsp3) is 0.400. The Morgan fingerprint density at radius 2 is 1.90 bits per heavy atom. The number of H-pyrrole nitrogens is 1. The third kappa shape index (κ3) is 3.08. The average Bonchev–Trinajstić information content (AvgIpc) is 3.13. The van der Waals surface area contributed by atoms with Gasteiger partial charge in [0, 0.05) is 29.6 Å². The SMILES string of the molecule is N=C(N)[C@H]1C2CCC(CC2)[C@@H]1Nc1nc(-c2[nH]nc3ncc(Cl)cc23)c(F)cc1F. The lowest BCUT2D eigenvalue weighted by Crippen LogP contribution is -2.53. The van der Waals surface area contributed by atoms with Gasteiger partial charge in [0.1, 0.15) is 5.69 Å². The maximum absolute atomic E-state index is 14.7. The molecular formula is C20H20ClF2N7. The van der Waals surface area contributed by atoms with Crippen LogP contribution in [0.25, 0.3) is 22.4 Å². The summed E-state index contributed by atoms with van der Waals surface area (Å²) in [5.41, 5.74) is 6.43. The number of hydrogen-bond donors (Lipinski definition) is 4. The van der Waals surface area contributed by atoms with Crippen LogP contribution >= 0.6 is 11.6 Å². The molecule has 3 aromatic rings. The highest BCUT2D eigenvalue weighted by atomic mass is 35.5. The van der Waals surface area contributed by atoms with Gasteiger partial charge in [-0.25, -0.2) is 18.7 Å². The van der Waals surface area contributed by atoms with Gasteiger partial charge in [-0.15, -0.1) is 0 Å². The summed E-state index contributed by atoms with van der Waals surface area (Å²) < 4.78 is 29.3. The Kier molecular flexibility index (Phi) is 4.57. The number of halogens is 3. The van der Waals surface area contributed by atoms with Crippen LogP contribution in [0.1, 0.15) is 25.7 Å². The Morgan fingerprint density at radius 1 is 1.17 bits per heavy atom. The average molecular weight is 432 g/mol. The van der Waals surface area contributed by atoms with Gasteiger partial charge < -0.3 is 11.1 Å². The summed E-state index contributed by atoms with van der Waals surface area (Å²) in [5.74, 6) is -1.18. The Balaban J connectivity index is 1.55. The molecular weight excluding hydrogens is 412 g/mol. The van der Waals surface area contributed by atoms with E-state index in [0.717, 1.165) is 31.7 Å². The van der Waals surface area contributed by atoms with Crippen LogP contribution in [0.4, 0.5) is 14.6 Å². The highest BCUT2D eigenvalue weighted by Crippen LogP contribution is 2.46. The predicted octanol–water partition coefficient (Wildman–Crippen LogP) is 4.10. The van der Waals surface area contributed by atoms with Crippen molar-refractivity contribution in [3.63, 3.8) is 0 Å². The van der Waals surface area contributed by atoms with Gasteiger partial charge in [0.2, 0.25) is 0 Å². The monoisotopic (exact) mass is 431 g/mol. The zero-order chi connectivity index (χ0) is 21.0. The number of nitrogens with zero attached hydrogens (tertiary/aromatic N) is 3.